The fourth-order valence-corrected chi connectivity index (χ4v) is 3.38. The lowest BCUT2D eigenvalue weighted by Crippen LogP contribution is -2.13. The number of benzene rings is 3. The summed E-state index contributed by atoms with van der Waals surface area (Å²) < 4.78 is 11.3. The molecule has 0 spiro atoms. The smallest absolute Gasteiger partial charge is 0.329 e. The van der Waals surface area contributed by atoms with Gasteiger partial charge in [-0.1, -0.05) is 42.5 Å². The van der Waals surface area contributed by atoms with Crippen LogP contribution in [0.1, 0.15) is 15.9 Å². The Morgan fingerprint density at radius 2 is 1.41 bits per heavy atom. The Morgan fingerprint density at radius 1 is 0.852 bits per heavy atom. The van der Waals surface area contributed by atoms with Gasteiger partial charge in [-0.25, -0.2) is 0 Å². The second-order valence-corrected chi connectivity index (χ2v) is 7.70. The maximum absolute atomic E-state index is 12.5. The highest BCUT2D eigenvalue weighted by Gasteiger charge is 2.17. The summed E-state index contributed by atoms with van der Waals surface area (Å²) in [6.45, 7) is 0. The Bertz CT molecular complexity index is 994. The third kappa shape index (κ3) is 5.05. The molecule has 0 saturated heterocycles. The van der Waals surface area contributed by atoms with E-state index < -0.39 is 13.8 Å². The SMILES string of the molecule is O=C(Nc1ccccc1CP(=O)(O)O)c1ccc(-c2ccc(O)cc2)cc1. The predicted molar refractivity (Wildman–Crippen MR) is 104 cm³/mol. The molecule has 3 aromatic carbocycles. The van der Waals surface area contributed by atoms with Crippen LogP contribution in [-0.4, -0.2) is 20.8 Å². The number of para-hydroxylation sites is 1. The Kier molecular flexibility index (Phi) is 5.42. The summed E-state index contributed by atoms with van der Waals surface area (Å²) in [5.74, 6) is -0.186. The minimum absolute atomic E-state index is 0.184. The molecule has 7 heteroatoms. The summed E-state index contributed by atoms with van der Waals surface area (Å²) in [6.07, 6.45) is -0.441. The van der Waals surface area contributed by atoms with E-state index in [4.69, 9.17) is 0 Å². The minimum Gasteiger partial charge on any atom is -0.508 e. The second-order valence-electron chi connectivity index (χ2n) is 6.06. The van der Waals surface area contributed by atoms with Crippen LogP contribution in [-0.2, 0) is 10.7 Å². The summed E-state index contributed by atoms with van der Waals surface area (Å²) in [6, 6.07) is 20.2. The second kappa shape index (κ2) is 7.76. The van der Waals surface area contributed by atoms with Gasteiger partial charge in [0.25, 0.3) is 5.91 Å². The number of anilines is 1. The third-order valence-corrected chi connectivity index (χ3v) is 4.74. The number of hydrogen-bond acceptors (Lipinski definition) is 3. The third-order valence-electron chi connectivity index (χ3n) is 3.99. The summed E-state index contributed by atoms with van der Waals surface area (Å²) in [5.41, 5.74) is 2.97. The Labute approximate surface area is 156 Å². The van der Waals surface area contributed by atoms with Crippen molar-refractivity contribution in [1.29, 1.82) is 0 Å². The van der Waals surface area contributed by atoms with Crippen LogP contribution >= 0.6 is 7.60 Å². The number of hydrogen-bond donors (Lipinski definition) is 4. The molecule has 0 aromatic heterocycles. The standard InChI is InChI=1S/C20H18NO5P/c22-18-11-9-15(10-12-18)14-5-7-16(8-6-14)20(23)21-19-4-2-1-3-17(19)13-27(24,25)26/h1-12,22H,13H2,(H,21,23)(H2,24,25,26). The molecule has 6 nitrogen and oxygen atoms in total. The first kappa shape index (κ1) is 18.9. The fourth-order valence-electron chi connectivity index (χ4n) is 2.66. The summed E-state index contributed by atoms with van der Waals surface area (Å²) in [4.78, 5) is 30.9. The molecule has 1 amide bonds. The fraction of sp³-hybridized carbons (Fsp3) is 0.0500. The quantitative estimate of drug-likeness (QED) is 0.499. The number of aromatic hydroxyl groups is 1. The van der Waals surface area contributed by atoms with Crippen molar-refractivity contribution in [3.8, 4) is 16.9 Å². The summed E-state index contributed by atoms with van der Waals surface area (Å²) in [5, 5.41) is 12.1. The van der Waals surface area contributed by atoms with Crippen LogP contribution in [0.3, 0.4) is 0 Å². The Morgan fingerprint density at radius 3 is 2.00 bits per heavy atom. The van der Waals surface area contributed by atoms with Gasteiger partial charge in [-0.15, -0.1) is 0 Å². The molecular weight excluding hydrogens is 365 g/mol. The van der Waals surface area contributed by atoms with E-state index in [1.165, 1.54) is 0 Å². The zero-order chi connectivity index (χ0) is 19.4. The average Bonchev–Trinajstić information content (AvgIpc) is 2.63. The maximum atomic E-state index is 12.5. The molecule has 0 bridgehead atoms. The monoisotopic (exact) mass is 383 g/mol. The lowest BCUT2D eigenvalue weighted by atomic mass is 10.0. The first-order valence-corrected chi connectivity index (χ1v) is 9.95. The van der Waals surface area contributed by atoms with Gasteiger partial charge in [-0.05, 0) is 47.0 Å². The number of carbonyl (C=O) groups is 1. The van der Waals surface area contributed by atoms with Crippen LogP contribution in [0, 0.1) is 0 Å². The average molecular weight is 383 g/mol. The van der Waals surface area contributed by atoms with E-state index in [0.717, 1.165) is 11.1 Å². The summed E-state index contributed by atoms with van der Waals surface area (Å²) >= 11 is 0. The molecule has 0 radical (unpaired) electrons. The van der Waals surface area contributed by atoms with Crippen LogP contribution in [0.25, 0.3) is 11.1 Å². The van der Waals surface area contributed by atoms with E-state index in [-0.39, 0.29) is 11.7 Å². The lowest BCUT2D eigenvalue weighted by molar-refractivity contribution is 0.102. The van der Waals surface area contributed by atoms with Crippen LogP contribution in [0.5, 0.6) is 5.75 Å². The number of nitrogens with one attached hydrogen (secondary N) is 1. The van der Waals surface area contributed by atoms with Crippen molar-refractivity contribution in [3.05, 3.63) is 83.9 Å². The molecule has 0 aliphatic heterocycles. The number of amides is 1. The molecule has 3 rings (SSSR count). The molecule has 138 valence electrons. The minimum atomic E-state index is -4.24. The van der Waals surface area contributed by atoms with Gasteiger partial charge in [-0.3, -0.25) is 9.36 Å². The van der Waals surface area contributed by atoms with Crippen molar-refractivity contribution < 1.29 is 24.3 Å². The normalized spacial score (nSPS) is 11.2. The van der Waals surface area contributed by atoms with Crippen LogP contribution in [0.4, 0.5) is 5.69 Å². The van der Waals surface area contributed by atoms with Crippen molar-refractivity contribution in [2.75, 3.05) is 5.32 Å². The first-order valence-electron chi connectivity index (χ1n) is 8.15. The van der Waals surface area contributed by atoms with Crippen LogP contribution < -0.4 is 5.32 Å². The van der Waals surface area contributed by atoms with Crippen LogP contribution in [0.2, 0.25) is 0 Å². The van der Waals surface area contributed by atoms with Crippen molar-refractivity contribution in [2.24, 2.45) is 0 Å². The van der Waals surface area contributed by atoms with Gasteiger partial charge in [0.05, 0.1) is 6.16 Å². The van der Waals surface area contributed by atoms with Crippen LogP contribution in [0.15, 0.2) is 72.8 Å². The molecule has 3 aromatic rings. The van der Waals surface area contributed by atoms with E-state index in [1.807, 2.05) is 0 Å². The molecule has 27 heavy (non-hydrogen) atoms. The molecule has 0 atom stereocenters. The number of phenolic OH excluding ortho intramolecular Hbond substituents is 1. The highest BCUT2D eigenvalue weighted by Crippen LogP contribution is 2.41. The number of phenols is 1. The molecule has 0 saturated carbocycles. The molecule has 0 unspecified atom stereocenters. The van der Waals surface area contributed by atoms with E-state index >= 15 is 0 Å². The molecule has 0 heterocycles. The zero-order valence-corrected chi connectivity index (χ0v) is 15.1. The lowest BCUT2D eigenvalue weighted by Gasteiger charge is -2.12. The van der Waals surface area contributed by atoms with Crippen molar-refractivity contribution in [1.82, 2.24) is 0 Å². The van der Waals surface area contributed by atoms with Gasteiger partial charge >= 0.3 is 7.60 Å². The van der Waals surface area contributed by atoms with Gasteiger partial charge in [-0.2, -0.15) is 0 Å². The largest absolute Gasteiger partial charge is 0.508 e. The Hall–Kier alpha value is -2.92. The highest BCUT2D eigenvalue weighted by molar-refractivity contribution is 7.50. The first-order chi connectivity index (χ1) is 12.8. The summed E-state index contributed by atoms with van der Waals surface area (Å²) in [7, 11) is -4.24. The Balaban J connectivity index is 1.77. The van der Waals surface area contributed by atoms with Gasteiger partial charge in [0.1, 0.15) is 5.75 Å². The van der Waals surface area contributed by atoms with Gasteiger partial charge in [0.15, 0.2) is 0 Å². The van der Waals surface area contributed by atoms with Crippen molar-refractivity contribution in [3.63, 3.8) is 0 Å². The van der Waals surface area contributed by atoms with Gasteiger partial charge in [0, 0.05) is 11.3 Å². The van der Waals surface area contributed by atoms with Gasteiger partial charge in [0.2, 0.25) is 0 Å². The maximum Gasteiger partial charge on any atom is 0.329 e. The van der Waals surface area contributed by atoms with E-state index in [9.17, 15) is 24.3 Å². The van der Waals surface area contributed by atoms with E-state index in [0.29, 0.717) is 16.8 Å². The number of rotatable bonds is 5. The topological polar surface area (TPSA) is 107 Å². The van der Waals surface area contributed by atoms with E-state index in [2.05, 4.69) is 5.32 Å². The van der Waals surface area contributed by atoms with Crippen molar-refractivity contribution >= 4 is 19.2 Å². The molecule has 0 aliphatic carbocycles. The molecule has 0 fully saturated rings. The predicted octanol–water partition coefficient (Wildman–Crippen LogP) is 3.99. The molecule has 0 aliphatic rings. The van der Waals surface area contributed by atoms with Gasteiger partial charge < -0.3 is 20.2 Å². The molecular formula is C20H18NO5P. The number of carbonyl (C=O) groups excluding carboxylic acids is 1. The molecule has 4 N–H and O–H groups in total. The van der Waals surface area contributed by atoms with Crippen molar-refractivity contribution in [2.45, 2.75) is 6.16 Å². The van der Waals surface area contributed by atoms with E-state index in [1.54, 1.807) is 72.8 Å². The highest BCUT2D eigenvalue weighted by atomic mass is 31.2. The zero-order valence-electron chi connectivity index (χ0n) is 14.2.